The first-order valence-electron chi connectivity index (χ1n) is 7.22. The van der Waals surface area contributed by atoms with E-state index in [1.807, 2.05) is 12.1 Å². The Bertz CT molecular complexity index is 423. The topological polar surface area (TPSA) is 30.5 Å². The van der Waals surface area contributed by atoms with Crippen LogP contribution in [-0.2, 0) is 0 Å². The SMILES string of the molecule is CCNC(CC(C)CC)c1cc(Cl)c(OC)c(OC)c1. The molecule has 0 aromatic heterocycles. The maximum atomic E-state index is 6.30. The van der Waals surface area contributed by atoms with Gasteiger partial charge in [0.15, 0.2) is 11.5 Å². The van der Waals surface area contributed by atoms with Crippen LogP contribution in [0.5, 0.6) is 11.5 Å². The molecule has 0 bridgehead atoms. The smallest absolute Gasteiger partial charge is 0.179 e. The highest BCUT2D eigenvalue weighted by molar-refractivity contribution is 6.32. The first-order valence-corrected chi connectivity index (χ1v) is 7.59. The van der Waals surface area contributed by atoms with Crippen molar-refractivity contribution < 1.29 is 9.47 Å². The molecule has 0 amide bonds. The zero-order chi connectivity index (χ0) is 15.1. The molecule has 3 nitrogen and oxygen atoms in total. The van der Waals surface area contributed by atoms with Gasteiger partial charge in [-0.1, -0.05) is 38.8 Å². The van der Waals surface area contributed by atoms with E-state index >= 15 is 0 Å². The zero-order valence-corrected chi connectivity index (χ0v) is 13.9. The lowest BCUT2D eigenvalue weighted by atomic mass is 9.94. The first kappa shape index (κ1) is 17.1. The molecular formula is C16H26ClNO2. The van der Waals surface area contributed by atoms with E-state index in [1.54, 1.807) is 14.2 Å². The lowest BCUT2D eigenvalue weighted by molar-refractivity contribution is 0.352. The fourth-order valence-electron chi connectivity index (χ4n) is 2.29. The van der Waals surface area contributed by atoms with Crippen molar-refractivity contribution >= 4 is 11.6 Å². The second-order valence-corrected chi connectivity index (χ2v) is 5.50. The summed E-state index contributed by atoms with van der Waals surface area (Å²) in [5.74, 6) is 1.93. The standard InChI is InChI=1S/C16H26ClNO2/c1-6-11(3)8-14(18-7-2)12-9-13(17)16(20-5)15(10-12)19-4/h9-11,14,18H,6-8H2,1-5H3. The Morgan fingerprint density at radius 2 is 1.90 bits per heavy atom. The van der Waals surface area contributed by atoms with Gasteiger partial charge in [0.1, 0.15) is 0 Å². The van der Waals surface area contributed by atoms with E-state index in [0.717, 1.165) is 18.5 Å². The molecule has 0 saturated heterocycles. The third kappa shape index (κ3) is 4.29. The molecule has 0 aliphatic carbocycles. The predicted molar refractivity (Wildman–Crippen MR) is 85.0 cm³/mol. The highest BCUT2D eigenvalue weighted by Gasteiger charge is 2.18. The van der Waals surface area contributed by atoms with Crippen molar-refractivity contribution in [3.05, 3.63) is 22.7 Å². The van der Waals surface area contributed by atoms with Gasteiger partial charge < -0.3 is 14.8 Å². The molecule has 114 valence electrons. The van der Waals surface area contributed by atoms with E-state index in [9.17, 15) is 0 Å². The van der Waals surface area contributed by atoms with Crippen LogP contribution in [-0.4, -0.2) is 20.8 Å². The van der Waals surface area contributed by atoms with Crippen molar-refractivity contribution in [3.63, 3.8) is 0 Å². The van der Waals surface area contributed by atoms with Crippen molar-refractivity contribution in [1.82, 2.24) is 5.32 Å². The van der Waals surface area contributed by atoms with E-state index in [2.05, 4.69) is 26.1 Å². The predicted octanol–water partition coefficient (Wildman–Crippen LogP) is 4.44. The molecule has 2 unspecified atom stereocenters. The third-order valence-electron chi connectivity index (χ3n) is 3.64. The van der Waals surface area contributed by atoms with Crippen LogP contribution in [0.2, 0.25) is 5.02 Å². The molecule has 0 fully saturated rings. The van der Waals surface area contributed by atoms with Gasteiger partial charge >= 0.3 is 0 Å². The summed E-state index contributed by atoms with van der Waals surface area (Å²) >= 11 is 6.30. The normalized spacial score (nSPS) is 13.9. The molecule has 0 radical (unpaired) electrons. The first-order chi connectivity index (χ1) is 9.57. The number of hydrogen-bond donors (Lipinski definition) is 1. The van der Waals surface area contributed by atoms with Gasteiger partial charge in [-0.3, -0.25) is 0 Å². The molecule has 4 heteroatoms. The van der Waals surface area contributed by atoms with Crippen LogP contribution in [0.15, 0.2) is 12.1 Å². The summed E-state index contributed by atoms with van der Waals surface area (Å²) in [4.78, 5) is 0. The molecule has 1 N–H and O–H groups in total. The Balaban J connectivity index is 3.10. The Hall–Kier alpha value is -0.930. The molecule has 0 spiro atoms. The molecule has 0 heterocycles. The van der Waals surface area contributed by atoms with Gasteiger partial charge in [-0.05, 0) is 36.6 Å². The second-order valence-electron chi connectivity index (χ2n) is 5.10. The Morgan fingerprint density at radius 3 is 2.40 bits per heavy atom. The lowest BCUT2D eigenvalue weighted by Gasteiger charge is -2.23. The summed E-state index contributed by atoms with van der Waals surface area (Å²) < 4.78 is 10.7. The van der Waals surface area contributed by atoms with Gasteiger partial charge in [0.25, 0.3) is 0 Å². The third-order valence-corrected chi connectivity index (χ3v) is 3.92. The molecule has 0 aliphatic rings. The highest BCUT2D eigenvalue weighted by atomic mass is 35.5. The average Bonchev–Trinajstić information content (AvgIpc) is 2.45. The lowest BCUT2D eigenvalue weighted by Crippen LogP contribution is -2.23. The van der Waals surface area contributed by atoms with Crippen LogP contribution in [0.4, 0.5) is 0 Å². The largest absolute Gasteiger partial charge is 0.493 e. The monoisotopic (exact) mass is 299 g/mol. The summed E-state index contributed by atoms with van der Waals surface area (Å²) in [6.07, 6.45) is 2.25. The number of nitrogens with one attached hydrogen (secondary N) is 1. The highest BCUT2D eigenvalue weighted by Crippen LogP contribution is 2.38. The Morgan fingerprint density at radius 1 is 1.20 bits per heavy atom. The fraction of sp³-hybridized carbons (Fsp3) is 0.625. The molecule has 0 aliphatic heterocycles. The molecule has 1 aromatic carbocycles. The molecule has 1 aromatic rings. The van der Waals surface area contributed by atoms with Gasteiger partial charge in [-0.25, -0.2) is 0 Å². The number of hydrogen-bond acceptors (Lipinski definition) is 3. The average molecular weight is 300 g/mol. The van der Waals surface area contributed by atoms with Gasteiger partial charge in [0, 0.05) is 6.04 Å². The summed E-state index contributed by atoms with van der Waals surface area (Å²) in [6, 6.07) is 4.27. The summed E-state index contributed by atoms with van der Waals surface area (Å²) in [5.41, 5.74) is 1.15. The van der Waals surface area contributed by atoms with Gasteiger partial charge in [-0.15, -0.1) is 0 Å². The summed E-state index contributed by atoms with van der Waals surface area (Å²) in [5, 5.41) is 4.12. The van der Waals surface area contributed by atoms with Crippen molar-refractivity contribution in [3.8, 4) is 11.5 Å². The van der Waals surface area contributed by atoms with Crippen LogP contribution in [0.3, 0.4) is 0 Å². The molecular weight excluding hydrogens is 274 g/mol. The quantitative estimate of drug-likeness (QED) is 0.769. The molecule has 20 heavy (non-hydrogen) atoms. The molecule has 0 saturated carbocycles. The van der Waals surface area contributed by atoms with E-state index in [-0.39, 0.29) is 6.04 Å². The van der Waals surface area contributed by atoms with Crippen LogP contribution in [0.25, 0.3) is 0 Å². The minimum Gasteiger partial charge on any atom is -0.493 e. The number of ether oxygens (including phenoxy) is 2. The van der Waals surface area contributed by atoms with E-state index in [4.69, 9.17) is 21.1 Å². The van der Waals surface area contributed by atoms with Crippen molar-refractivity contribution in [2.24, 2.45) is 5.92 Å². The maximum absolute atomic E-state index is 6.30. The van der Waals surface area contributed by atoms with Gasteiger partial charge in [0.2, 0.25) is 0 Å². The van der Waals surface area contributed by atoms with Crippen molar-refractivity contribution in [2.45, 2.75) is 39.7 Å². The van der Waals surface area contributed by atoms with Gasteiger partial charge in [0.05, 0.1) is 19.2 Å². The number of rotatable bonds is 8. The maximum Gasteiger partial charge on any atom is 0.179 e. The molecule has 1 rings (SSSR count). The number of methoxy groups -OCH3 is 2. The fourth-order valence-corrected chi connectivity index (χ4v) is 2.59. The summed E-state index contributed by atoms with van der Waals surface area (Å²) in [6.45, 7) is 7.53. The number of benzene rings is 1. The zero-order valence-electron chi connectivity index (χ0n) is 13.1. The Labute approximate surface area is 127 Å². The van der Waals surface area contributed by atoms with E-state index in [1.165, 1.54) is 6.42 Å². The van der Waals surface area contributed by atoms with E-state index < -0.39 is 0 Å². The van der Waals surface area contributed by atoms with Crippen LogP contribution < -0.4 is 14.8 Å². The molecule has 2 atom stereocenters. The Kier molecular flexibility index (Phi) is 7.17. The van der Waals surface area contributed by atoms with Crippen LogP contribution in [0.1, 0.15) is 45.2 Å². The number of halogens is 1. The second kappa shape index (κ2) is 8.38. The summed E-state index contributed by atoms with van der Waals surface area (Å²) in [7, 11) is 3.24. The van der Waals surface area contributed by atoms with Crippen molar-refractivity contribution in [2.75, 3.05) is 20.8 Å². The minimum absolute atomic E-state index is 0.284. The van der Waals surface area contributed by atoms with Crippen molar-refractivity contribution in [1.29, 1.82) is 0 Å². The van der Waals surface area contributed by atoms with Crippen LogP contribution in [0, 0.1) is 5.92 Å². The van der Waals surface area contributed by atoms with Crippen LogP contribution >= 0.6 is 11.6 Å². The minimum atomic E-state index is 0.284. The van der Waals surface area contributed by atoms with E-state index in [0.29, 0.717) is 22.4 Å². The van der Waals surface area contributed by atoms with Gasteiger partial charge in [-0.2, -0.15) is 0 Å².